The third-order valence-electron chi connectivity index (χ3n) is 2.90. The van der Waals surface area contributed by atoms with Crippen molar-refractivity contribution in [2.45, 2.75) is 25.7 Å². The molecule has 0 radical (unpaired) electrons. The van der Waals surface area contributed by atoms with Crippen molar-refractivity contribution in [1.82, 2.24) is 0 Å². The summed E-state index contributed by atoms with van der Waals surface area (Å²) in [6, 6.07) is 5.88. The molecule has 2 heteroatoms. The zero-order valence-electron chi connectivity index (χ0n) is 9.00. The number of Topliss-reactive ketones (excluding diaryl/α,β-unsaturated/α-hetero) is 1. The van der Waals surface area contributed by atoms with Crippen LogP contribution in [0.25, 0.3) is 0 Å². The maximum absolute atomic E-state index is 12.6. The molecule has 1 aromatic rings. The first-order chi connectivity index (χ1) is 7.75. The molecule has 1 aliphatic carbocycles. The lowest BCUT2D eigenvalue weighted by Crippen LogP contribution is -2.07. The summed E-state index contributed by atoms with van der Waals surface area (Å²) in [7, 11) is 0. The molecule has 1 aromatic carbocycles. The molecule has 0 aliphatic heterocycles. The van der Waals surface area contributed by atoms with Gasteiger partial charge in [-0.2, -0.15) is 0 Å². The molecule has 16 heavy (non-hydrogen) atoms. The molecule has 0 N–H and O–H groups in total. The minimum Gasteiger partial charge on any atom is -0.285 e. The van der Waals surface area contributed by atoms with Gasteiger partial charge in [-0.05, 0) is 43.0 Å². The highest BCUT2D eigenvalue weighted by atomic mass is 19.1. The molecular weight excluding hydrogens is 203 g/mol. The molecule has 0 atom stereocenters. The van der Waals surface area contributed by atoms with Gasteiger partial charge in [0.2, 0.25) is 5.78 Å². The normalized spacial score (nSPS) is 15.6. The van der Waals surface area contributed by atoms with Crippen LogP contribution in [0.5, 0.6) is 0 Å². The lowest BCUT2D eigenvalue weighted by atomic mass is 10.0. The van der Waals surface area contributed by atoms with Crippen molar-refractivity contribution in [2.75, 3.05) is 0 Å². The van der Waals surface area contributed by atoms with Crippen LogP contribution in [-0.2, 0) is 4.79 Å². The zero-order valence-corrected chi connectivity index (χ0v) is 9.00. The Balaban J connectivity index is 2.03. The third kappa shape index (κ3) is 2.70. The predicted octanol–water partition coefficient (Wildman–Crippen LogP) is 2.94. The maximum Gasteiger partial charge on any atom is 0.208 e. The summed E-state index contributed by atoms with van der Waals surface area (Å²) in [6.07, 6.45) is 4.21. The maximum atomic E-state index is 12.6. The summed E-state index contributed by atoms with van der Waals surface area (Å²) < 4.78 is 12.6. The average Bonchev–Trinajstić information content (AvgIpc) is 2.81. The highest BCUT2D eigenvalue weighted by molar-refractivity contribution is 5.97. The van der Waals surface area contributed by atoms with Crippen molar-refractivity contribution in [3.05, 3.63) is 35.6 Å². The third-order valence-corrected chi connectivity index (χ3v) is 2.90. The van der Waals surface area contributed by atoms with E-state index in [2.05, 4.69) is 11.8 Å². The number of benzene rings is 1. The number of hydrogen-bond acceptors (Lipinski definition) is 1. The van der Waals surface area contributed by atoms with Gasteiger partial charge in [-0.1, -0.05) is 18.8 Å². The fourth-order valence-electron chi connectivity index (χ4n) is 1.96. The van der Waals surface area contributed by atoms with E-state index >= 15 is 0 Å². The van der Waals surface area contributed by atoms with Crippen molar-refractivity contribution >= 4 is 5.78 Å². The lowest BCUT2D eigenvalue weighted by Gasteiger charge is -1.99. The standard InChI is InChI=1S/C14H13FO/c15-13-8-5-11(6-9-13)7-10-14(16)12-3-1-2-4-12/h5-6,8-9,12H,1-4H2. The summed E-state index contributed by atoms with van der Waals surface area (Å²) in [5.41, 5.74) is 0.688. The molecule has 82 valence electrons. The van der Waals surface area contributed by atoms with Crippen LogP contribution < -0.4 is 0 Å². The van der Waals surface area contributed by atoms with E-state index in [4.69, 9.17) is 0 Å². The minimum atomic E-state index is -0.285. The molecular formula is C14H13FO. The van der Waals surface area contributed by atoms with E-state index in [0.717, 1.165) is 25.7 Å². The van der Waals surface area contributed by atoms with Crippen LogP contribution in [-0.4, -0.2) is 5.78 Å². The van der Waals surface area contributed by atoms with E-state index in [-0.39, 0.29) is 17.5 Å². The summed E-state index contributed by atoms with van der Waals surface area (Å²) in [5, 5.41) is 0. The monoisotopic (exact) mass is 216 g/mol. The van der Waals surface area contributed by atoms with Gasteiger partial charge in [0.25, 0.3) is 0 Å². The SMILES string of the molecule is O=C(C#Cc1ccc(F)cc1)C1CCCC1. The fourth-order valence-corrected chi connectivity index (χ4v) is 1.96. The first kappa shape index (κ1) is 10.9. The first-order valence-electron chi connectivity index (χ1n) is 5.57. The molecule has 1 saturated carbocycles. The predicted molar refractivity (Wildman–Crippen MR) is 60.2 cm³/mol. The summed E-state index contributed by atoms with van der Waals surface area (Å²) >= 11 is 0. The second-order valence-electron chi connectivity index (χ2n) is 4.10. The Morgan fingerprint density at radius 2 is 1.81 bits per heavy atom. The molecule has 0 unspecified atom stereocenters. The molecule has 0 bridgehead atoms. The van der Waals surface area contributed by atoms with Crippen LogP contribution in [0.1, 0.15) is 31.2 Å². The van der Waals surface area contributed by atoms with Gasteiger partial charge in [-0.25, -0.2) is 4.39 Å². The molecule has 1 nitrogen and oxygen atoms in total. The van der Waals surface area contributed by atoms with Gasteiger partial charge >= 0.3 is 0 Å². The van der Waals surface area contributed by atoms with Crippen molar-refractivity contribution in [3.63, 3.8) is 0 Å². The van der Waals surface area contributed by atoms with Crippen LogP contribution in [0, 0.1) is 23.6 Å². The molecule has 0 aromatic heterocycles. The summed E-state index contributed by atoms with van der Waals surface area (Å²) in [5.74, 6) is 5.31. The number of rotatable bonds is 1. The first-order valence-corrected chi connectivity index (χ1v) is 5.57. The lowest BCUT2D eigenvalue weighted by molar-refractivity contribution is -0.117. The Morgan fingerprint density at radius 1 is 1.19 bits per heavy atom. The highest BCUT2D eigenvalue weighted by Crippen LogP contribution is 2.25. The van der Waals surface area contributed by atoms with Crippen molar-refractivity contribution < 1.29 is 9.18 Å². The quantitative estimate of drug-likeness (QED) is 0.660. The summed E-state index contributed by atoms with van der Waals surface area (Å²) in [4.78, 5) is 11.6. The van der Waals surface area contributed by atoms with Gasteiger partial charge in [0.05, 0.1) is 0 Å². The zero-order chi connectivity index (χ0) is 11.4. The molecule has 1 aliphatic rings. The average molecular weight is 216 g/mol. The molecule has 1 fully saturated rings. The topological polar surface area (TPSA) is 17.1 Å². The van der Waals surface area contributed by atoms with E-state index in [0.29, 0.717) is 5.56 Å². The number of halogens is 1. The van der Waals surface area contributed by atoms with E-state index in [1.54, 1.807) is 12.1 Å². The van der Waals surface area contributed by atoms with Gasteiger partial charge in [-0.15, -0.1) is 0 Å². The summed E-state index contributed by atoms with van der Waals surface area (Å²) in [6.45, 7) is 0. The van der Waals surface area contributed by atoms with Crippen LogP contribution in [0.15, 0.2) is 24.3 Å². The van der Waals surface area contributed by atoms with Crippen LogP contribution in [0.2, 0.25) is 0 Å². The number of ketones is 1. The van der Waals surface area contributed by atoms with Crippen molar-refractivity contribution in [1.29, 1.82) is 0 Å². The van der Waals surface area contributed by atoms with Gasteiger partial charge in [0, 0.05) is 11.5 Å². The molecule has 0 heterocycles. The van der Waals surface area contributed by atoms with Gasteiger partial charge in [0.15, 0.2) is 0 Å². The Hall–Kier alpha value is -1.62. The Kier molecular flexibility index (Phi) is 3.36. The van der Waals surface area contributed by atoms with Gasteiger partial charge in [0.1, 0.15) is 5.82 Å². The van der Waals surface area contributed by atoms with E-state index in [1.165, 1.54) is 12.1 Å². The van der Waals surface area contributed by atoms with Gasteiger partial charge in [-0.3, -0.25) is 4.79 Å². The Labute approximate surface area is 94.7 Å². The highest BCUT2D eigenvalue weighted by Gasteiger charge is 2.20. The minimum absolute atomic E-state index is 0.0295. The second-order valence-corrected chi connectivity index (χ2v) is 4.10. The smallest absolute Gasteiger partial charge is 0.208 e. The van der Waals surface area contributed by atoms with Crippen molar-refractivity contribution in [3.8, 4) is 11.8 Å². The Bertz CT molecular complexity index is 430. The Morgan fingerprint density at radius 3 is 2.44 bits per heavy atom. The van der Waals surface area contributed by atoms with Crippen LogP contribution >= 0.6 is 0 Å². The van der Waals surface area contributed by atoms with E-state index in [1.807, 2.05) is 0 Å². The molecule has 0 amide bonds. The van der Waals surface area contributed by atoms with Crippen molar-refractivity contribution in [2.24, 2.45) is 5.92 Å². The molecule has 0 spiro atoms. The number of carbonyl (C=O) groups excluding carboxylic acids is 1. The number of carbonyl (C=O) groups is 1. The van der Waals surface area contributed by atoms with E-state index in [9.17, 15) is 9.18 Å². The van der Waals surface area contributed by atoms with Crippen LogP contribution in [0.3, 0.4) is 0 Å². The molecule has 0 saturated heterocycles. The fraction of sp³-hybridized carbons (Fsp3) is 0.357. The number of hydrogen-bond donors (Lipinski definition) is 0. The van der Waals surface area contributed by atoms with Crippen LogP contribution in [0.4, 0.5) is 4.39 Å². The largest absolute Gasteiger partial charge is 0.285 e. The second kappa shape index (κ2) is 4.94. The molecule has 2 rings (SSSR count). The van der Waals surface area contributed by atoms with E-state index < -0.39 is 0 Å². The van der Waals surface area contributed by atoms with Gasteiger partial charge < -0.3 is 0 Å².